The molecule has 2 heterocycles. The second-order valence-corrected chi connectivity index (χ2v) is 5.93. The van der Waals surface area contributed by atoms with Crippen LogP contribution in [0.5, 0.6) is 11.5 Å². The number of ether oxygens (including phenoxy) is 2. The summed E-state index contributed by atoms with van der Waals surface area (Å²) in [4.78, 5) is 16.3. The highest BCUT2D eigenvalue weighted by Crippen LogP contribution is 2.37. The van der Waals surface area contributed by atoms with Gasteiger partial charge in [0.15, 0.2) is 11.5 Å². The maximum Gasteiger partial charge on any atom is 0.252 e. The summed E-state index contributed by atoms with van der Waals surface area (Å²) in [6, 6.07) is 9.24. The largest absolute Gasteiger partial charge is 0.493 e. The predicted octanol–water partition coefficient (Wildman–Crippen LogP) is 2.97. The number of rotatable bonds is 5. The lowest BCUT2D eigenvalue weighted by atomic mass is 10.1. The average molecular weight is 363 g/mol. The van der Waals surface area contributed by atoms with Gasteiger partial charge in [-0.25, -0.2) is 0 Å². The fraction of sp³-hybridized carbons (Fsp3) is 0.105. The van der Waals surface area contributed by atoms with Gasteiger partial charge in [-0.15, -0.1) is 0 Å². The molecule has 0 aliphatic carbocycles. The van der Waals surface area contributed by atoms with Crippen molar-refractivity contribution in [2.75, 3.05) is 19.5 Å². The average Bonchev–Trinajstić information content (AvgIpc) is 3.14. The second kappa shape index (κ2) is 6.49. The number of anilines is 2. The molecule has 2 aromatic carbocycles. The van der Waals surface area contributed by atoms with Gasteiger partial charge in [-0.1, -0.05) is 0 Å². The number of nitrogens with zero attached hydrogens (tertiary/aromatic N) is 2. The Morgan fingerprint density at radius 1 is 1.11 bits per heavy atom. The van der Waals surface area contributed by atoms with Gasteiger partial charge >= 0.3 is 0 Å². The van der Waals surface area contributed by atoms with Crippen molar-refractivity contribution >= 4 is 39.1 Å². The summed E-state index contributed by atoms with van der Waals surface area (Å²) in [5.74, 6) is 0.503. The van der Waals surface area contributed by atoms with Crippen molar-refractivity contribution in [1.82, 2.24) is 15.2 Å². The first kappa shape index (κ1) is 16.6. The molecule has 0 spiro atoms. The van der Waals surface area contributed by atoms with E-state index in [4.69, 9.17) is 15.2 Å². The highest BCUT2D eigenvalue weighted by molar-refractivity contribution is 6.08. The van der Waals surface area contributed by atoms with Crippen molar-refractivity contribution in [3.05, 3.63) is 48.3 Å². The molecule has 0 saturated heterocycles. The van der Waals surface area contributed by atoms with E-state index in [-0.39, 0.29) is 5.56 Å². The summed E-state index contributed by atoms with van der Waals surface area (Å²) in [5.41, 5.74) is 8.75. The van der Waals surface area contributed by atoms with Crippen molar-refractivity contribution in [3.8, 4) is 11.5 Å². The third-order valence-corrected chi connectivity index (χ3v) is 4.35. The van der Waals surface area contributed by atoms with Gasteiger partial charge in [0.1, 0.15) is 0 Å². The Hall–Kier alpha value is -3.81. The Kier molecular flexibility index (Phi) is 4.00. The number of aromatic amines is 1. The summed E-state index contributed by atoms with van der Waals surface area (Å²) in [5, 5.41) is 11.8. The highest BCUT2D eigenvalue weighted by atomic mass is 16.5. The molecule has 0 unspecified atom stereocenters. The highest BCUT2D eigenvalue weighted by Gasteiger charge is 2.17. The lowest BCUT2D eigenvalue weighted by Crippen LogP contribution is -2.14. The van der Waals surface area contributed by atoms with Gasteiger partial charge in [-0.2, -0.15) is 5.10 Å². The van der Waals surface area contributed by atoms with Crippen LogP contribution in [0.1, 0.15) is 10.4 Å². The topological polar surface area (TPSA) is 115 Å². The number of hydrogen-bond acceptors (Lipinski definition) is 6. The van der Waals surface area contributed by atoms with Crippen molar-refractivity contribution in [1.29, 1.82) is 0 Å². The summed E-state index contributed by atoms with van der Waals surface area (Å²) < 4.78 is 10.7. The zero-order chi connectivity index (χ0) is 19.0. The summed E-state index contributed by atoms with van der Waals surface area (Å²) in [6.07, 6.45) is 3.18. The summed E-state index contributed by atoms with van der Waals surface area (Å²) >= 11 is 0. The quantitative estimate of drug-likeness (QED) is 0.502. The van der Waals surface area contributed by atoms with Crippen LogP contribution in [-0.2, 0) is 0 Å². The van der Waals surface area contributed by atoms with E-state index in [1.807, 2.05) is 18.2 Å². The van der Waals surface area contributed by atoms with Gasteiger partial charge in [0.25, 0.3) is 5.91 Å². The predicted molar refractivity (Wildman–Crippen MR) is 103 cm³/mol. The Morgan fingerprint density at radius 3 is 2.63 bits per heavy atom. The van der Waals surface area contributed by atoms with Gasteiger partial charge in [0.2, 0.25) is 0 Å². The number of amides is 1. The Labute approximate surface area is 154 Å². The van der Waals surface area contributed by atoms with E-state index < -0.39 is 5.91 Å². The number of H-pyrrole nitrogens is 1. The maximum atomic E-state index is 12.0. The Morgan fingerprint density at radius 2 is 1.89 bits per heavy atom. The number of carbonyl (C=O) groups excluding carboxylic acids is 1. The molecule has 0 atom stereocenters. The molecule has 27 heavy (non-hydrogen) atoms. The molecule has 2 aromatic heterocycles. The number of methoxy groups -OCH3 is 2. The van der Waals surface area contributed by atoms with Crippen LogP contribution in [0.15, 0.2) is 42.7 Å². The van der Waals surface area contributed by atoms with Crippen molar-refractivity contribution in [3.63, 3.8) is 0 Å². The van der Waals surface area contributed by atoms with Crippen LogP contribution in [0.2, 0.25) is 0 Å². The SMILES string of the molecule is COc1cc2ncc(C(N)=O)c(Nc3ccc4[nH]ncc4c3)c2cc1OC. The molecule has 4 rings (SSSR count). The van der Waals surface area contributed by atoms with Crippen LogP contribution in [0.3, 0.4) is 0 Å². The fourth-order valence-corrected chi connectivity index (χ4v) is 3.01. The van der Waals surface area contributed by atoms with Gasteiger partial charge < -0.3 is 20.5 Å². The molecule has 0 radical (unpaired) electrons. The lowest BCUT2D eigenvalue weighted by molar-refractivity contribution is 0.100. The molecule has 8 nitrogen and oxygen atoms in total. The van der Waals surface area contributed by atoms with E-state index >= 15 is 0 Å². The smallest absolute Gasteiger partial charge is 0.252 e. The van der Waals surface area contributed by atoms with Crippen LogP contribution < -0.4 is 20.5 Å². The van der Waals surface area contributed by atoms with Crippen LogP contribution >= 0.6 is 0 Å². The maximum absolute atomic E-state index is 12.0. The minimum absolute atomic E-state index is 0.280. The van der Waals surface area contributed by atoms with Crippen LogP contribution in [0.25, 0.3) is 21.8 Å². The Bertz CT molecular complexity index is 1170. The number of hydrogen-bond donors (Lipinski definition) is 3. The van der Waals surface area contributed by atoms with Crippen LogP contribution in [0.4, 0.5) is 11.4 Å². The van der Waals surface area contributed by atoms with E-state index in [2.05, 4.69) is 20.5 Å². The van der Waals surface area contributed by atoms with Gasteiger partial charge in [-0.3, -0.25) is 14.9 Å². The number of benzene rings is 2. The zero-order valence-electron chi connectivity index (χ0n) is 14.7. The van der Waals surface area contributed by atoms with E-state index in [1.165, 1.54) is 6.20 Å². The molecule has 0 fully saturated rings. The van der Waals surface area contributed by atoms with Gasteiger partial charge in [-0.05, 0) is 24.3 Å². The normalized spacial score (nSPS) is 10.9. The molecule has 1 amide bonds. The minimum Gasteiger partial charge on any atom is -0.493 e. The van der Waals surface area contributed by atoms with Crippen molar-refractivity contribution in [2.24, 2.45) is 5.73 Å². The molecule has 0 saturated carbocycles. The number of carbonyl (C=O) groups is 1. The van der Waals surface area contributed by atoms with E-state index in [1.54, 1.807) is 32.5 Å². The molecular formula is C19H17N5O3. The number of aromatic nitrogens is 3. The minimum atomic E-state index is -0.578. The third-order valence-electron chi connectivity index (χ3n) is 4.35. The summed E-state index contributed by atoms with van der Waals surface area (Å²) in [6.45, 7) is 0. The number of nitrogens with two attached hydrogens (primary N) is 1. The first-order valence-corrected chi connectivity index (χ1v) is 8.15. The summed E-state index contributed by atoms with van der Waals surface area (Å²) in [7, 11) is 3.11. The zero-order valence-corrected chi connectivity index (χ0v) is 14.7. The van der Waals surface area contributed by atoms with Gasteiger partial charge in [0.05, 0.1) is 42.7 Å². The third kappa shape index (κ3) is 2.86. The molecule has 0 bridgehead atoms. The fourth-order valence-electron chi connectivity index (χ4n) is 3.01. The van der Waals surface area contributed by atoms with Crippen molar-refractivity contribution in [2.45, 2.75) is 0 Å². The number of primary amides is 1. The standard InChI is InChI=1S/C19H17N5O3/c1-26-16-6-12-15(7-17(16)27-2)21-9-13(19(20)25)18(12)23-11-3-4-14-10(5-11)8-22-24-14/h3-9H,1-2H3,(H2,20,25)(H,21,23)(H,22,24). The molecule has 8 heteroatoms. The number of fused-ring (bicyclic) bond motifs is 2. The lowest BCUT2D eigenvalue weighted by Gasteiger charge is -2.15. The Balaban J connectivity index is 1.92. The number of nitrogens with one attached hydrogen (secondary N) is 2. The van der Waals surface area contributed by atoms with Gasteiger partial charge in [0, 0.05) is 28.7 Å². The monoisotopic (exact) mass is 363 g/mol. The first-order chi connectivity index (χ1) is 13.1. The number of pyridine rings is 1. The molecule has 4 N–H and O–H groups in total. The molecule has 0 aliphatic heterocycles. The molecular weight excluding hydrogens is 346 g/mol. The molecule has 4 aromatic rings. The van der Waals surface area contributed by atoms with E-state index in [0.29, 0.717) is 28.1 Å². The first-order valence-electron chi connectivity index (χ1n) is 8.15. The molecule has 136 valence electrons. The molecule has 0 aliphatic rings. The van der Waals surface area contributed by atoms with E-state index in [0.717, 1.165) is 16.6 Å². The van der Waals surface area contributed by atoms with Crippen molar-refractivity contribution < 1.29 is 14.3 Å². The van der Waals surface area contributed by atoms with E-state index in [9.17, 15) is 4.79 Å². The van der Waals surface area contributed by atoms with Crippen LogP contribution in [0, 0.1) is 0 Å². The van der Waals surface area contributed by atoms with Crippen LogP contribution in [-0.4, -0.2) is 35.3 Å². The second-order valence-electron chi connectivity index (χ2n) is 5.93.